The van der Waals surface area contributed by atoms with Crippen LogP contribution in [0.15, 0.2) is 43.0 Å². The number of nitrogens with one attached hydrogen (secondary N) is 1. The van der Waals surface area contributed by atoms with Crippen molar-refractivity contribution < 1.29 is 26.3 Å². The van der Waals surface area contributed by atoms with Crippen LogP contribution in [0, 0.1) is 0 Å². The first-order valence-corrected chi connectivity index (χ1v) is 14.0. The molecule has 1 fully saturated rings. The summed E-state index contributed by atoms with van der Waals surface area (Å²) in [5, 5.41) is 7.48. The molecule has 0 spiro atoms. The molecule has 9 nitrogen and oxygen atoms in total. The molecule has 15 heteroatoms. The molecule has 0 atom stereocenters. The number of imidazole rings is 2. The molecule has 0 amide bonds. The van der Waals surface area contributed by atoms with E-state index in [0.717, 1.165) is 35.4 Å². The van der Waals surface area contributed by atoms with E-state index in [1.54, 1.807) is 38.1 Å². The molecule has 6 rings (SSSR count). The third-order valence-electron chi connectivity index (χ3n) is 7.34. The zero-order chi connectivity index (χ0) is 31.4. The predicted molar refractivity (Wildman–Crippen MR) is 149 cm³/mol. The summed E-state index contributed by atoms with van der Waals surface area (Å²) < 4.78 is 83.4. The van der Waals surface area contributed by atoms with Crippen LogP contribution < -0.4 is 5.32 Å². The Labute approximate surface area is 247 Å². The average Bonchev–Trinajstić information content (AvgIpc) is 3.54. The molecule has 1 saturated carbocycles. The Bertz CT molecular complexity index is 1820. The van der Waals surface area contributed by atoms with E-state index < -0.39 is 23.7 Å². The lowest BCUT2D eigenvalue weighted by atomic mass is 10.1. The molecule has 1 aliphatic carbocycles. The smallest absolute Gasteiger partial charge is 0.363 e. The van der Waals surface area contributed by atoms with Gasteiger partial charge in [-0.3, -0.25) is 0 Å². The number of aryl methyl sites for hydroxylation is 1. The van der Waals surface area contributed by atoms with Crippen LogP contribution in [0.1, 0.15) is 73.9 Å². The maximum Gasteiger partial charge on any atom is 0.434 e. The number of halogens is 6. The Morgan fingerprint density at radius 3 is 2.20 bits per heavy atom. The van der Waals surface area contributed by atoms with Crippen LogP contribution in [-0.2, 0) is 25.3 Å². The summed E-state index contributed by atoms with van der Waals surface area (Å²) in [5.74, 6) is 0.642. The highest BCUT2D eigenvalue weighted by Crippen LogP contribution is 2.43. The molecule has 1 N–H and O–H groups in total. The topological polar surface area (TPSA) is 98.7 Å². The van der Waals surface area contributed by atoms with Crippen LogP contribution in [-0.4, -0.2) is 39.1 Å². The van der Waals surface area contributed by atoms with Gasteiger partial charge in [0.05, 0.1) is 23.1 Å². The van der Waals surface area contributed by atoms with Gasteiger partial charge in [0.2, 0.25) is 0 Å². The Morgan fingerprint density at radius 2 is 1.59 bits per heavy atom. The van der Waals surface area contributed by atoms with Gasteiger partial charge in [0, 0.05) is 30.3 Å². The number of hydrogen-bond acceptors (Lipinski definition) is 7. The lowest BCUT2D eigenvalue weighted by molar-refractivity contribution is -0.141. The molecule has 44 heavy (non-hydrogen) atoms. The highest BCUT2D eigenvalue weighted by Gasteiger charge is 2.36. The number of fused-ring (bicyclic) bond motifs is 1. The average molecular weight is 616 g/mol. The van der Waals surface area contributed by atoms with Crippen LogP contribution in [0.5, 0.6) is 0 Å². The van der Waals surface area contributed by atoms with Gasteiger partial charge in [0.15, 0.2) is 28.7 Å². The van der Waals surface area contributed by atoms with E-state index in [-0.39, 0.29) is 41.6 Å². The van der Waals surface area contributed by atoms with Crippen molar-refractivity contribution in [2.24, 2.45) is 0 Å². The Morgan fingerprint density at radius 1 is 0.909 bits per heavy atom. The molecule has 4 aromatic heterocycles. The van der Waals surface area contributed by atoms with Crippen molar-refractivity contribution in [3.8, 4) is 22.8 Å². The van der Waals surface area contributed by atoms with Crippen molar-refractivity contribution >= 4 is 11.5 Å². The molecule has 4 heterocycles. The minimum Gasteiger partial charge on any atom is -0.363 e. The van der Waals surface area contributed by atoms with Crippen molar-refractivity contribution in [3.05, 3.63) is 71.3 Å². The van der Waals surface area contributed by atoms with Gasteiger partial charge in [0.25, 0.3) is 0 Å². The van der Waals surface area contributed by atoms with E-state index in [1.807, 2.05) is 6.92 Å². The third-order valence-corrected chi connectivity index (χ3v) is 7.34. The normalized spacial score (nSPS) is 14.1. The molecule has 0 radical (unpaired) electrons. The first-order chi connectivity index (χ1) is 20.8. The quantitative estimate of drug-likeness (QED) is 0.186. The zero-order valence-electron chi connectivity index (χ0n) is 23.9. The lowest BCUT2D eigenvalue weighted by Gasteiger charge is -2.14. The number of rotatable bonds is 8. The van der Waals surface area contributed by atoms with Crippen LogP contribution in [0.25, 0.3) is 28.4 Å². The fourth-order valence-corrected chi connectivity index (χ4v) is 4.96. The first kappa shape index (κ1) is 29.5. The second-order valence-corrected chi connectivity index (χ2v) is 10.9. The minimum absolute atomic E-state index is 0.0763. The molecule has 1 aromatic carbocycles. The molecule has 0 unspecified atom stereocenters. The lowest BCUT2D eigenvalue weighted by Crippen LogP contribution is -2.10. The van der Waals surface area contributed by atoms with Gasteiger partial charge in [-0.05, 0) is 38.7 Å². The molecule has 1 aliphatic rings. The SMILES string of the molecule is CCc1ncnc(C2CC2)c1-c1nc(NCc2ccc(-c3nc(C(F)(F)F)cn3C(C)C)cc2)c2nc(C(F)(F)F)cn2n1. The fraction of sp³-hybridized carbons (Fsp3) is 0.379. The van der Waals surface area contributed by atoms with Crippen LogP contribution in [0.4, 0.5) is 32.2 Å². The second-order valence-electron chi connectivity index (χ2n) is 10.9. The van der Waals surface area contributed by atoms with Crippen molar-refractivity contribution in [1.29, 1.82) is 0 Å². The van der Waals surface area contributed by atoms with Gasteiger partial charge >= 0.3 is 12.4 Å². The summed E-state index contributed by atoms with van der Waals surface area (Å²) in [6.45, 7) is 5.58. The highest BCUT2D eigenvalue weighted by molar-refractivity contribution is 5.70. The molecular weight excluding hydrogens is 588 g/mol. The van der Waals surface area contributed by atoms with E-state index in [0.29, 0.717) is 28.8 Å². The van der Waals surface area contributed by atoms with Gasteiger partial charge in [-0.25, -0.2) is 29.4 Å². The van der Waals surface area contributed by atoms with E-state index in [2.05, 4.69) is 35.3 Å². The van der Waals surface area contributed by atoms with E-state index in [9.17, 15) is 26.3 Å². The monoisotopic (exact) mass is 615 g/mol. The van der Waals surface area contributed by atoms with Crippen molar-refractivity contribution in [3.63, 3.8) is 0 Å². The number of nitrogens with zero attached hydrogens (tertiary/aromatic N) is 8. The highest BCUT2D eigenvalue weighted by atomic mass is 19.4. The maximum atomic E-state index is 13.6. The van der Waals surface area contributed by atoms with Gasteiger partial charge in [-0.1, -0.05) is 31.2 Å². The van der Waals surface area contributed by atoms with E-state index >= 15 is 0 Å². The number of alkyl halides is 6. The minimum atomic E-state index is -4.70. The summed E-state index contributed by atoms with van der Waals surface area (Å²) >= 11 is 0. The Balaban J connectivity index is 1.35. The predicted octanol–water partition coefficient (Wildman–Crippen LogP) is 7.12. The number of benzene rings is 1. The van der Waals surface area contributed by atoms with E-state index in [1.165, 1.54) is 10.9 Å². The zero-order valence-corrected chi connectivity index (χ0v) is 23.9. The Kier molecular flexibility index (Phi) is 7.28. The van der Waals surface area contributed by atoms with Gasteiger partial charge in [0.1, 0.15) is 12.2 Å². The molecule has 0 bridgehead atoms. The molecule has 0 aliphatic heterocycles. The molecule has 0 saturated heterocycles. The summed E-state index contributed by atoms with van der Waals surface area (Å²) in [5.41, 5.74) is 1.04. The van der Waals surface area contributed by atoms with Crippen molar-refractivity contribution in [2.75, 3.05) is 5.32 Å². The molecule has 230 valence electrons. The largest absolute Gasteiger partial charge is 0.434 e. The summed E-state index contributed by atoms with van der Waals surface area (Å²) in [6.07, 6.45) is -3.56. The fourth-order valence-electron chi connectivity index (χ4n) is 4.96. The second kappa shape index (κ2) is 10.9. The van der Waals surface area contributed by atoms with Crippen LogP contribution >= 0.6 is 0 Å². The van der Waals surface area contributed by atoms with Crippen LogP contribution in [0.3, 0.4) is 0 Å². The summed E-state index contributed by atoms with van der Waals surface area (Å²) in [7, 11) is 0. The number of anilines is 1. The molecular formula is C29H27F6N9. The van der Waals surface area contributed by atoms with Gasteiger partial charge in [-0.2, -0.15) is 26.3 Å². The summed E-state index contributed by atoms with van der Waals surface area (Å²) in [4.78, 5) is 21.0. The standard InChI is InChI=1S/C29H27F6N9/c1-4-19-22(23(17-9-10-17)38-14-37-19)24-41-25(27-40-21(29(33,34)35)13-44(27)42-24)36-11-16-5-7-18(8-6-16)26-39-20(28(30,31)32)12-43(26)15(2)3/h5-8,12-15,17H,4,9-11H2,1-3H3,(H,36,41,42). The number of hydrogen-bond donors (Lipinski definition) is 1. The third kappa shape index (κ3) is 5.69. The van der Waals surface area contributed by atoms with Crippen molar-refractivity contribution in [1.82, 2.24) is 39.1 Å². The van der Waals surface area contributed by atoms with Gasteiger partial charge < -0.3 is 9.88 Å². The Hall–Kier alpha value is -4.56. The number of aromatic nitrogens is 8. The van der Waals surface area contributed by atoms with E-state index in [4.69, 9.17) is 0 Å². The molecule has 5 aromatic rings. The first-order valence-electron chi connectivity index (χ1n) is 14.0. The van der Waals surface area contributed by atoms with Gasteiger partial charge in [-0.15, -0.1) is 5.10 Å². The van der Waals surface area contributed by atoms with Crippen LogP contribution in [0.2, 0.25) is 0 Å². The summed E-state index contributed by atoms with van der Waals surface area (Å²) in [6, 6.07) is 6.43. The van der Waals surface area contributed by atoms with Crippen molar-refractivity contribution in [2.45, 2.75) is 70.9 Å². The maximum absolute atomic E-state index is 13.6.